The van der Waals surface area contributed by atoms with Gasteiger partial charge in [-0.3, -0.25) is 4.98 Å². The van der Waals surface area contributed by atoms with Crippen LogP contribution in [-0.4, -0.2) is 21.6 Å². The quantitative estimate of drug-likeness (QED) is 0.781. The Kier molecular flexibility index (Phi) is 3.00. The van der Waals surface area contributed by atoms with Crippen LogP contribution >= 0.6 is 11.5 Å². The molecular weight excluding hydrogens is 244 g/mol. The van der Waals surface area contributed by atoms with E-state index in [1.165, 1.54) is 17.1 Å². The highest BCUT2D eigenvalue weighted by Gasteiger charge is 2.14. The summed E-state index contributed by atoms with van der Waals surface area (Å²) in [5.74, 6) is 0. The van der Waals surface area contributed by atoms with Gasteiger partial charge in [-0.25, -0.2) is 0 Å². The lowest BCUT2D eigenvalue weighted by Gasteiger charge is -2.14. The predicted octanol–water partition coefficient (Wildman–Crippen LogP) is 2.40. The molecule has 1 N–H and O–H groups in total. The number of rotatable bonds is 3. The largest absolute Gasteiger partial charge is 0.309 e. The summed E-state index contributed by atoms with van der Waals surface area (Å²) in [6.45, 7) is 0. The molecule has 5 heteroatoms. The zero-order valence-corrected chi connectivity index (χ0v) is 10.7. The molecule has 0 radical (unpaired) electrons. The minimum absolute atomic E-state index is 0.134. The first kappa shape index (κ1) is 11.3. The first-order chi connectivity index (χ1) is 8.88. The maximum atomic E-state index is 4.33. The number of aromatic nitrogens is 3. The van der Waals surface area contributed by atoms with Gasteiger partial charge in [0.15, 0.2) is 0 Å². The van der Waals surface area contributed by atoms with Crippen molar-refractivity contribution in [1.82, 2.24) is 19.9 Å². The van der Waals surface area contributed by atoms with Gasteiger partial charge in [-0.1, -0.05) is 16.6 Å². The predicted molar refractivity (Wildman–Crippen MR) is 72.6 cm³/mol. The second kappa shape index (κ2) is 4.80. The van der Waals surface area contributed by atoms with Crippen molar-refractivity contribution in [2.24, 2.45) is 0 Å². The van der Waals surface area contributed by atoms with Gasteiger partial charge in [0.05, 0.1) is 22.6 Å². The Morgan fingerprint density at radius 1 is 1.28 bits per heavy atom. The summed E-state index contributed by atoms with van der Waals surface area (Å²) in [4.78, 5) is 5.44. The molecule has 1 atom stereocenters. The van der Waals surface area contributed by atoms with Crippen LogP contribution in [0.15, 0.2) is 42.7 Å². The molecule has 0 aliphatic rings. The SMILES string of the molecule is CNC(c1ccc2ncccc2c1)c1cnns1. The summed E-state index contributed by atoms with van der Waals surface area (Å²) in [7, 11) is 1.94. The number of fused-ring (bicyclic) bond motifs is 1. The van der Waals surface area contributed by atoms with E-state index in [1.54, 1.807) is 6.20 Å². The Morgan fingerprint density at radius 3 is 3.00 bits per heavy atom. The molecule has 1 aromatic carbocycles. The Hall–Kier alpha value is -1.85. The van der Waals surface area contributed by atoms with Gasteiger partial charge in [0.2, 0.25) is 0 Å². The minimum Gasteiger partial charge on any atom is -0.309 e. The molecule has 90 valence electrons. The molecule has 4 nitrogen and oxygen atoms in total. The molecule has 0 bridgehead atoms. The first-order valence-electron chi connectivity index (χ1n) is 5.67. The molecule has 0 saturated carbocycles. The molecular formula is C13H12N4S. The van der Waals surface area contributed by atoms with Crippen molar-refractivity contribution in [3.63, 3.8) is 0 Å². The van der Waals surface area contributed by atoms with Crippen LogP contribution in [0.3, 0.4) is 0 Å². The maximum absolute atomic E-state index is 4.33. The molecule has 1 unspecified atom stereocenters. The summed E-state index contributed by atoms with van der Waals surface area (Å²) >= 11 is 1.42. The highest BCUT2D eigenvalue weighted by molar-refractivity contribution is 7.05. The van der Waals surface area contributed by atoms with Crippen molar-refractivity contribution < 1.29 is 0 Å². The zero-order valence-electron chi connectivity index (χ0n) is 9.87. The smallest absolute Gasteiger partial charge is 0.0702 e. The fraction of sp³-hybridized carbons (Fsp3) is 0.154. The number of hydrogen-bond acceptors (Lipinski definition) is 5. The van der Waals surface area contributed by atoms with Crippen molar-refractivity contribution in [2.45, 2.75) is 6.04 Å². The van der Waals surface area contributed by atoms with Crippen LogP contribution in [0, 0.1) is 0 Å². The van der Waals surface area contributed by atoms with Gasteiger partial charge in [0.1, 0.15) is 0 Å². The van der Waals surface area contributed by atoms with E-state index in [0.717, 1.165) is 15.8 Å². The van der Waals surface area contributed by atoms with E-state index < -0.39 is 0 Å². The second-order valence-electron chi connectivity index (χ2n) is 4.00. The average molecular weight is 256 g/mol. The van der Waals surface area contributed by atoms with Crippen LogP contribution in [-0.2, 0) is 0 Å². The van der Waals surface area contributed by atoms with Gasteiger partial charge in [0, 0.05) is 11.6 Å². The highest BCUT2D eigenvalue weighted by atomic mass is 32.1. The zero-order chi connectivity index (χ0) is 12.4. The lowest BCUT2D eigenvalue weighted by Crippen LogP contribution is -2.16. The third-order valence-electron chi connectivity index (χ3n) is 2.91. The van der Waals surface area contributed by atoms with Crippen LogP contribution in [0.4, 0.5) is 0 Å². The van der Waals surface area contributed by atoms with Crippen LogP contribution in [0.1, 0.15) is 16.5 Å². The second-order valence-corrected chi connectivity index (χ2v) is 4.81. The van der Waals surface area contributed by atoms with Gasteiger partial charge in [-0.15, -0.1) is 5.10 Å². The van der Waals surface area contributed by atoms with Gasteiger partial charge >= 0.3 is 0 Å². The maximum Gasteiger partial charge on any atom is 0.0702 e. The molecule has 0 fully saturated rings. The fourth-order valence-electron chi connectivity index (χ4n) is 2.05. The van der Waals surface area contributed by atoms with E-state index in [-0.39, 0.29) is 6.04 Å². The van der Waals surface area contributed by atoms with Crippen molar-refractivity contribution in [3.05, 3.63) is 53.2 Å². The molecule has 0 aliphatic carbocycles. The molecule has 2 heterocycles. The third-order valence-corrected chi connectivity index (χ3v) is 3.64. The van der Waals surface area contributed by atoms with E-state index in [2.05, 4.69) is 38.1 Å². The van der Waals surface area contributed by atoms with Crippen molar-refractivity contribution in [1.29, 1.82) is 0 Å². The van der Waals surface area contributed by atoms with Gasteiger partial charge < -0.3 is 5.32 Å². The number of pyridine rings is 1. The minimum atomic E-state index is 0.134. The summed E-state index contributed by atoms with van der Waals surface area (Å²) in [5, 5.41) is 8.34. The molecule has 3 aromatic rings. The van der Waals surface area contributed by atoms with E-state index >= 15 is 0 Å². The lowest BCUT2D eigenvalue weighted by atomic mass is 10.0. The third kappa shape index (κ3) is 1.98. The van der Waals surface area contributed by atoms with Crippen molar-refractivity contribution in [3.8, 4) is 0 Å². The molecule has 0 saturated heterocycles. The Morgan fingerprint density at radius 2 is 2.22 bits per heavy atom. The van der Waals surface area contributed by atoms with E-state index in [0.29, 0.717) is 0 Å². The van der Waals surface area contributed by atoms with Gasteiger partial charge in [-0.05, 0) is 42.3 Å². The normalized spacial score (nSPS) is 12.7. The number of nitrogens with zero attached hydrogens (tertiary/aromatic N) is 3. The highest BCUT2D eigenvalue weighted by Crippen LogP contribution is 2.25. The Balaban J connectivity index is 2.07. The monoisotopic (exact) mass is 256 g/mol. The first-order valence-corrected chi connectivity index (χ1v) is 6.45. The Labute approximate surface area is 109 Å². The van der Waals surface area contributed by atoms with Crippen LogP contribution < -0.4 is 5.32 Å². The lowest BCUT2D eigenvalue weighted by molar-refractivity contribution is 0.703. The molecule has 2 aromatic heterocycles. The molecule has 3 rings (SSSR count). The van der Waals surface area contributed by atoms with Crippen LogP contribution in [0.5, 0.6) is 0 Å². The summed E-state index contributed by atoms with van der Waals surface area (Å²) in [6.07, 6.45) is 3.62. The summed E-state index contributed by atoms with van der Waals surface area (Å²) in [5.41, 5.74) is 2.21. The topological polar surface area (TPSA) is 50.7 Å². The fourth-order valence-corrected chi connectivity index (χ4v) is 2.69. The van der Waals surface area contributed by atoms with Gasteiger partial charge in [0.25, 0.3) is 0 Å². The van der Waals surface area contributed by atoms with E-state index in [4.69, 9.17) is 0 Å². The summed E-state index contributed by atoms with van der Waals surface area (Å²) in [6, 6.07) is 10.5. The standard InChI is InChI=1S/C13H12N4S/c1-14-13(12-8-16-17-18-12)10-4-5-11-9(7-10)3-2-6-15-11/h2-8,13-14H,1H3. The Bertz CT molecular complexity index is 651. The van der Waals surface area contributed by atoms with Crippen molar-refractivity contribution in [2.75, 3.05) is 7.05 Å². The van der Waals surface area contributed by atoms with E-state index in [9.17, 15) is 0 Å². The van der Waals surface area contributed by atoms with Crippen LogP contribution in [0.25, 0.3) is 10.9 Å². The summed E-state index contributed by atoms with van der Waals surface area (Å²) < 4.78 is 3.92. The average Bonchev–Trinajstić information content (AvgIpc) is 2.93. The number of hydrogen-bond donors (Lipinski definition) is 1. The molecule has 0 amide bonds. The van der Waals surface area contributed by atoms with Gasteiger partial charge in [-0.2, -0.15) is 0 Å². The molecule has 0 spiro atoms. The van der Waals surface area contributed by atoms with Crippen molar-refractivity contribution >= 4 is 22.4 Å². The van der Waals surface area contributed by atoms with E-state index in [1.807, 2.05) is 25.4 Å². The van der Waals surface area contributed by atoms with Crippen LogP contribution in [0.2, 0.25) is 0 Å². The number of nitrogens with one attached hydrogen (secondary N) is 1. The number of benzene rings is 1. The molecule has 0 aliphatic heterocycles. The molecule has 18 heavy (non-hydrogen) atoms.